The number of halogens is 1. The molecule has 3 aromatic rings. The zero-order chi connectivity index (χ0) is 20.4. The van der Waals surface area contributed by atoms with Gasteiger partial charge in [-0.3, -0.25) is 15.0 Å². The number of piperazine rings is 1. The molecular weight excluding hydrogens is 392 g/mol. The molecule has 0 saturated carbocycles. The van der Waals surface area contributed by atoms with Crippen molar-refractivity contribution in [3.63, 3.8) is 0 Å². The Balaban J connectivity index is 1.44. The lowest BCUT2D eigenvalue weighted by molar-refractivity contribution is -0.384. The molecule has 150 valence electrons. The number of nitrogens with zero attached hydrogens (tertiary/aromatic N) is 4. The van der Waals surface area contributed by atoms with Gasteiger partial charge in [0, 0.05) is 56.0 Å². The molecule has 7 nitrogen and oxygen atoms in total. The molecule has 0 radical (unpaired) electrons. The predicted octanol–water partition coefficient (Wildman–Crippen LogP) is 4.53. The molecule has 0 atom stereocenters. The molecule has 0 spiro atoms. The predicted molar refractivity (Wildman–Crippen MR) is 112 cm³/mol. The monoisotopic (exact) mass is 412 g/mol. The van der Waals surface area contributed by atoms with Gasteiger partial charge in [0.05, 0.1) is 15.6 Å². The first-order valence-corrected chi connectivity index (χ1v) is 9.82. The minimum atomic E-state index is -0.431. The van der Waals surface area contributed by atoms with Crippen molar-refractivity contribution in [1.82, 2.24) is 10.1 Å². The Morgan fingerprint density at radius 1 is 1.14 bits per heavy atom. The number of hydrogen-bond donors (Lipinski definition) is 0. The Hall–Kier alpha value is -2.90. The fourth-order valence-corrected chi connectivity index (χ4v) is 3.93. The van der Waals surface area contributed by atoms with Crippen LogP contribution in [0.25, 0.3) is 11.3 Å². The summed E-state index contributed by atoms with van der Waals surface area (Å²) in [6.07, 6.45) is 0. The summed E-state index contributed by atoms with van der Waals surface area (Å²) in [5.74, 6) is 0.838. The third kappa shape index (κ3) is 4.11. The van der Waals surface area contributed by atoms with Gasteiger partial charge in [0.25, 0.3) is 5.69 Å². The molecule has 0 amide bonds. The molecule has 1 saturated heterocycles. The second kappa shape index (κ2) is 8.23. The van der Waals surface area contributed by atoms with E-state index in [0.29, 0.717) is 5.02 Å². The van der Waals surface area contributed by atoms with Gasteiger partial charge in [-0.15, -0.1) is 0 Å². The average Bonchev–Trinajstić information content (AvgIpc) is 3.09. The molecule has 1 fully saturated rings. The highest BCUT2D eigenvalue weighted by Gasteiger charge is 2.23. The van der Waals surface area contributed by atoms with Gasteiger partial charge in [-0.2, -0.15) is 0 Å². The lowest BCUT2D eigenvalue weighted by atomic mass is 10.1. The minimum Gasteiger partial charge on any atom is -0.368 e. The molecule has 0 aliphatic carbocycles. The molecule has 0 N–H and O–H groups in total. The molecule has 2 aromatic carbocycles. The van der Waals surface area contributed by atoms with E-state index < -0.39 is 4.92 Å². The second-order valence-corrected chi connectivity index (χ2v) is 7.50. The molecule has 0 bridgehead atoms. The number of aromatic nitrogens is 1. The Labute approximate surface area is 173 Å². The van der Waals surface area contributed by atoms with E-state index in [2.05, 4.69) is 15.0 Å². The summed E-state index contributed by atoms with van der Waals surface area (Å²) >= 11 is 6.29. The fraction of sp³-hybridized carbons (Fsp3) is 0.286. The lowest BCUT2D eigenvalue weighted by Gasteiger charge is -2.36. The molecule has 1 aliphatic heterocycles. The van der Waals surface area contributed by atoms with Crippen LogP contribution < -0.4 is 4.90 Å². The third-order valence-corrected chi connectivity index (χ3v) is 5.57. The van der Waals surface area contributed by atoms with E-state index in [0.717, 1.165) is 61.0 Å². The Kier molecular flexibility index (Phi) is 5.51. The Morgan fingerprint density at radius 3 is 2.52 bits per heavy atom. The molecule has 8 heteroatoms. The highest BCUT2D eigenvalue weighted by atomic mass is 35.5. The summed E-state index contributed by atoms with van der Waals surface area (Å²) < 4.78 is 5.47. The van der Waals surface area contributed by atoms with Crippen molar-refractivity contribution in [1.29, 1.82) is 0 Å². The quantitative estimate of drug-likeness (QED) is 0.452. The second-order valence-electron chi connectivity index (χ2n) is 7.09. The van der Waals surface area contributed by atoms with Crippen molar-refractivity contribution in [2.45, 2.75) is 13.5 Å². The number of nitro benzene ring substituents is 1. The molecule has 1 aromatic heterocycles. The maximum atomic E-state index is 10.9. The zero-order valence-electron chi connectivity index (χ0n) is 16.0. The Bertz CT molecular complexity index is 1010. The van der Waals surface area contributed by atoms with Crippen molar-refractivity contribution in [2.75, 3.05) is 31.1 Å². The number of rotatable bonds is 5. The van der Waals surface area contributed by atoms with Crippen molar-refractivity contribution >= 4 is 23.0 Å². The maximum Gasteiger partial charge on any atom is 0.271 e. The van der Waals surface area contributed by atoms with Gasteiger partial charge in [-0.05, 0) is 13.0 Å². The van der Waals surface area contributed by atoms with Crippen LogP contribution in [-0.2, 0) is 6.54 Å². The molecule has 1 aliphatic rings. The molecular formula is C21H21ClN4O3. The molecule has 4 rings (SSSR count). The Morgan fingerprint density at radius 2 is 1.86 bits per heavy atom. The largest absolute Gasteiger partial charge is 0.368 e. The normalized spacial score (nSPS) is 14.9. The summed E-state index contributed by atoms with van der Waals surface area (Å²) in [5.41, 5.74) is 3.90. The summed E-state index contributed by atoms with van der Waals surface area (Å²) in [5, 5.41) is 15.6. The van der Waals surface area contributed by atoms with Crippen molar-refractivity contribution < 1.29 is 9.45 Å². The lowest BCUT2D eigenvalue weighted by Crippen LogP contribution is -2.46. The highest BCUT2D eigenvalue weighted by molar-refractivity contribution is 6.33. The van der Waals surface area contributed by atoms with Crippen molar-refractivity contribution in [3.8, 4) is 11.3 Å². The minimum absolute atomic E-state index is 0.00811. The van der Waals surface area contributed by atoms with Crippen LogP contribution in [0.4, 0.5) is 11.4 Å². The highest BCUT2D eigenvalue weighted by Crippen LogP contribution is 2.31. The van der Waals surface area contributed by atoms with Crippen LogP contribution in [0.15, 0.2) is 53.1 Å². The van der Waals surface area contributed by atoms with Gasteiger partial charge in [-0.25, -0.2) is 0 Å². The summed E-state index contributed by atoms with van der Waals surface area (Å²) in [6.45, 7) is 6.01. The number of non-ortho nitro benzene ring substituents is 1. The fourth-order valence-electron chi connectivity index (χ4n) is 3.64. The van der Waals surface area contributed by atoms with E-state index in [1.807, 2.05) is 37.3 Å². The number of nitro groups is 1. The summed E-state index contributed by atoms with van der Waals surface area (Å²) in [6, 6.07) is 14.7. The van der Waals surface area contributed by atoms with Crippen LogP contribution in [0.2, 0.25) is 5.02 Å². The number of benzene rings is 2. The van der Waals surface area contributed by atoms with Gasteiger partial charge in [-0.1, -0.05) is 47.1 Å². The van der Waals surface area contributed by atoms with Crippen molar-refractivity contribution in [3.05, 3.63) is 75.0 Å². The van der Waals surface area contributed by atoms with Crippen LogP contribution in [-0.4, -0.2) is 41.2 Å². The van der Waals surface area contributed by atoms with Gasteiger partial charge < -0.3 is 9.42 Å². The number of aryl methyl sites for hydroxylation is 1. The van der Waals surface area contributed by atoms with Crippen LogP contribution in [0.1, 0.15) is 11.3 Å². The smallest absolute Gasteiger partial charge is 0.271 e. The maximum absolute atomic E-state index is 10.9. The average molecular weight is 413 g/mol. The zero-order valence-corrected chi connectivity index (χ0v) is 16.8. The van der Waals surface area contributed by atoms with Crippen LogP contribution in [0, 0.1) is 17.0 Å². The number of hydrogen-bond acceptors (Lipinski definition) is 6. The van der Waals surface area contributed by atoms with E-state index in [1.165, 1.54) is 12.1 Å². The molecule has 29 heavy (non-hydrogen) atoms. The standard InChI is InChI=1S/C21H21ClN4O3/c1-15-18(21(23-29-15)16-5-3-2-4-6-16)14-24-9-11-25(12-10-24)20-8-7-17(26(27)28)13-19(20)22/h2-8,13H,9-12,14H2,1H3. The van der Waals surface area contributed by atoms with Gasteiger partial charge in [0.2, 0.25) is 0 Å². The SMILES string of the molecule is Cc1onc(-c2ccccc2)c1CN1CCN(c2ccc([N+](=O)[O-])cc2Cl)CC1. The van der Waals surface area contributed by atoms with Gasteiger partial charge >= 0.3 is 0 Å². The summed E-state index contributed by atoms with van der Waals surface area (Å²) in [7, 11) is 0. The van der Waals surface area contributed by atoms with Gasteiger partial charge in [0.15, 0.2) is 0 Å². The van der Waals surface area contributed by atoms with E-state index >= 15 is 0 Å². The summed E-state index contributed by atoms with van der Waals surface area (Å²) in [4.78, 5) is 15.0. The first-order valence-electron chi connectivity index (χ1n) is 9.45. The van der Waals surface area contributed by atoms with E-state index in [9.17, 15) is 10.1 Å². The van der Waals surface area contributed by atoms with Crippen LogP contribution >= 0.6 is 11.6 Å². The van der Waals surface area contributed by atoms with Crippen LogP contribution in [0.3, 0.4) is 0 Å². The van der Waals surface area contributed by atoms with Gasteiger partial charge in [0.1, 0.15) is 11.5 Å². The topological polar surface area (TPSA) is 75.7 Å². The first kappa shape index (κ1) is 19.4. The molecule has 2 heterocycles. The third-order valence-electron chi connectivity index (χ3n) is 5.27. The molecule has 0 unspecified atom stereocenters. The van der Waals surface area contributed by atoms with E-state index in [1.54, 1.807) is 6.07 Å². The van der Waals surface area contributed by atoms with Crippen LogP contribution in [0.5, 0.6) is 0 Å². The first-order chi connectivity index (χ1) is 14.0. The van der Waals surface area contributed by atoms with Crippen molar-refractivity contribution in [2.24, 2.45) is 0 Å². The van der Waals surface area contributed by atoms with E-state index in [-0.39, 0.29) is 5.69 Å². The number of anilines is 1. The van der Waals surface area contributed by atoms with E-state index in [4.69, 9.17) is 16.1 Å².